The van der Waals surface area contributed by atoms with Crippen molar-refractivity contribution in [1.29, 1.82) is 5.26 Å². The van der Waals surface area contributed by atoms with Crippen LogP contribution in [0.3, 0.4) is 0 Å². The van der Waals surface area contributed by atoms with Crippen molar-refractivity contribution >= 4 is 39.4 Å². The van der Waals surface area contributed by atoms with Crippen molar-refractivity contribution < 1.29 is 4.74 Å². The molecule has 0 saturated heterocycles. The highest BCUT2D eigenvalue weighted by Gasteiger charge is 2.33. The summed E-state index contributed by atoms with van der Waals surface area (Å²) in [5.41, 5.74) is 2.51. The predicted octanol–water partition coefficient (Wildman–Crippen LogP) is 4.67. The molecule has 1 aromatic heterocycles. The Hall–Kier alpha value is -1.94. The Balaban J connectivity index is 1.80. The molecule has 2 aromatic rings. The van der Waals surface area contributed by atoms with Crippen molar-refractivity contribution in [1.82, 2.24) is 0 Å². The minimum Gasteiger partial charge on any atom is -0.369 e. The van der Waals surface area contributed by atoms with Crippen LogP contribution in [-0.4, -0.2) is 10.7 Å². The summed E-state index contributed by atoms with van der Waals surface area (Å²) in [6.07, 6.45) is 1.68. The van der Waals surface area contributed by atoms with E-state index in [0.29, 0.717) is 17.3 Å². The molecule has 0 fully saturated rings. The number of fused-ring (bicyclic) bond motifs is 1. The highest BCUT2D eigenvalue weighted by atomic mass is 32.1. The fourth-order valence-electron chi connectivity index (χ4n) is 2.70. The van der Waals surface area contributed by atoms with Crippen LogP contribution in [0.2, 0.25) is 0 Å². The zero-order valence-corrected chi connectivity index (χ0v) is 15.3. The zero-order valence-electron chi connectivity index (χ0n) is 13.7. The first kappa shape index (κ1) is 16.9. The summed E-state index contributed by atoms with van der Waals surface area (Å²) >= 11 is 6.93. The maximum absolute atomic E-state index is 9.62. The van der Waals surface area contributed by atoms with E-state index in [9.17, 15) is 5.26 Å². The van der Waals surface area contributed by atoms with E-state index in [1.54, 1.807) is 11.3 Å². The van der Waals surface area contributed by atoms with Gasteiger partial charge in [0, 0.05) is 17.0 Å². The lowest BCUT2D eigenvalue weighted by Crippen LogP contribution is -2.34. The number of anilines is 2. The van der Waals surface area contributed by atoms with Gasteiger partial charge in [-0.15, -0.1) is 11.3 Å². The second kappa shape index (κ2) is 6.89. The summed E-state index contributed by atoms with van der Waals surface area (Å²) in [6, 6.07) is 12.1. The maximum Gasteiger partial charge on any atom is 0.175 e. The minimum atomic E-state index is -0.195. The summed E-state index contributed by atoms with van der Waals surface area (Å²) in [5.74, 6) is 0. The predicted molar refractivity (Wildman–Crippen MR) is 103 cm³/mol. The number of hydrogen-bond acceptors (Lipinski definition) is 4. The smallest absolute Gasteiger partial charge is 0.175 e. The van der Waals surface area contributed by atoms with Crippen LogP contribution in [-0.2, 0) is 17.8 Å². The number of benzene rings is 1. The molecule has 0 amide bonds. The van der Waals surface area contributed by atoms with E-state index < -0.39 is 0 Å². The molecular formula is C18H19N3OS2. The summed E-state index contributed by atoms with van der Waals surface area (Å²) in [4.78, 5) is 1.11. The SMILES string of the molecule is CC[C@@]1(C)Cc2c(sc(NC(=S)Nc3ccccc3)c2C#N)CO1. The van der Waals surface area contributed by atoms with Crippen LogP contribution in [0.1, 0.15) is 36.3 Å². The Labute approximate surface area is 151 Å². The number of nitrogens with zero attached hydrogens (tertiary/aromatic N) is 1. The first-order valence-electron chi connectivity index (χ1n) is 7.86. The second-order valence-electron chi connectivity index (χ2n) is 6.03. The van der Waals surface area contributed by atoms with Gasteiger partial charge in [0.25, 0.3) is 0 Å². The average molecular weight is 358 g/mol. The molecule has 6 heteroatoms. The van der Waals surface area contributed by atoms with E-state index >= 15 is 0 Å². The van der Waals surface area contributed by atoms with Crippen LogP contribution in [0.25, 0.3) is 0 Å². The van der Waals surface area contributed by atoms with Crippen molar-refractivity contribution in [2.24, 2.45) is 0 Å². The molecule has 2 N–H and O–H groups in total. The van der Waals surface area contributed by atoms with E-state index in [4.69, 9.17) is 17.0 Å². The molecular weight excluding hydrogens is 338 g/mol. The molecule has 0 unspecified atom stereocenters. The van der Waals surface area contributed by atoms with Crippen molar-refractivity contribution in [3.05, 3.63) is 46.3 Å². The van der Waals surface area contributed by atoms with Crippen LogP contribution < -0.4 is 10.6 Å². The number of thiophene rings is 1. The lowest BCUT2D eigenvalue weighted by atomic mass is 9.90. The monoisotopic (exact) mass is 357 g/mol. The van der Waals surface area contributed by atoms with Gasteiger partial charge in [0.05, 0.1) is 17.8 Å². The van der Waals surface area contributed by atoms with E-state index in [2.05, 4.69) is 30.6 Å². The highest BCUT2D eigenvalue weighted by molar-refractivity contribution is 7.80. The maximum atomic E-state index is 9.62. The van der Waals surface area contributed by atoms with Gasteiger partial charge in [-0.1, -0.05) is 25.1 Å². The summed E-state index contributed by atoms with van der Waals surface area (Å²) in [6.45, 7) is 4.77. The van der Waals surface area contributed by atoms with Crippen molar-refractivity contribution in [2.75, 3.05) is 10.6 Å². The minimum absolute atomic E-state index is 0.195. The number of nitriles is 1. The molecule has 124 valence electrons. The number of rotatable bonds is 3. The summed E-state index contributed by atoms with van der Waals surface area (Å²) < 4.78 is 5.98. The van der Waals surface area contributed by atoms with E-state index in [0.717, 1.165) is 34.0 Å². The van der Waals surface area contributed by atoms with Crippen molar-refractivity contribution in [3.63, 3.8) is 0 Å². The van der Waals surface area contributed by atoms with Gasteiger partial charge in [-0.25, -0.2) is 0 Å². The van der Waals surface area contributed by atoms with Gasteiger partial charge in [-0.2, -0.15) is 5.26 Å². The first-order valence-corrected chi connectivity index (χ1v) is 9.09. The Morgan fingerprint density at radius 1 is 1.38 bits per heavy atom. The molecule has 24 heavy (non-hydrogen) atoms. The third-order valence-electron chi connectivity index (χ3n) is 4.31. The van der Waals surface area contributed by atoms with E-state index in [1.165, 1.54) is 0 Å². The highest BCUT2D eigenvalue weighted by Crippen LogP contribution is 2.41. The lowest BCUT2D eigenvalue weighted by Gasteiger charge is -2.32. The number of ether oxygens (including phenoxy) is 1. The molecule has 1 atom stereocenters. The van der Waals surface area contributed by atoms with Crippen LogP contribution in [0, 0.1) is 11.3 Å². The molecule has 4 nitrogen and oxygen atoms in total. The van der Waals surface area contributed by atoms with Crippen LogP contribution in [0.4, 0.5) is 10.7 Å². The Bertz CT molecular complexity index is 795. The number of para-hydroxylation sites is 1. The van der Waals surface area contributed by atoms with Crippen LogP contribution >= 0.6 is 23.6 Å². The standard InChI is InChI=1S/C18H19N3OS2/c1-3-18(2)9-13-14(10-19)16(24-15(13)11-22-18)21-17(23)20-12-7-5-4-6-8-12/h4-8H,3,9,11H2,1-2H3,(H2,20,21,23)/t18-/m0/s1. The molecule has 0 spiro atoms. The Morgan fingerprint density at radius 2 is 2.12 bits per heavy atom. The van der Waals surface area contributed by atoms with Gasteiger partial charge in [0.15, 0.2) is 5.11 Å². The number of nitrogens with one attached hydrogen (secondary N) is 2. The largest absolute Gasteiger partial charge is 0.369 e. The van der Waals surface area contributed by atoms with Gasteiger partial charge in [0.1, 0.15) is 11.1 Å². The molecule has 1 aromatic carbocycles. The lowest BCUT2D eigenvalue weighted by molar-refractivity contribution is -0.0547. The average Bonchev–Trinajstić information content (AvgIpc) is 2.91. The molecule has 1 aliphatic heterocycles. The number of hydrogen-bond donors (Lipinski definition) is 2. The van der Waals surface area contributed by atoms with Gasteiger partial charge in [0.2, 0.25) is 0 Å². The molecule has 1 aliphatic rings. The molecule has 0 radical (unpaired) electrons. The van der Waals surface area contributed by atoms with Crippen LogP contribution in [0.5, 0.6) is 0 Å². The van der Waals surface area contributed by atoms with E-state index in [-0.39, 0.29) is 5.60 Å². The van der Waals surface area contributed by atoms with E-state index in [1.807, 2.05) is 30.3 Å². The number of thiocarbonyl (C=S) groups is 1. The topological polar surface area (TPSA) is 57.1 Å². The normalized spacial score (nSPS) is 19.2. The fourth-order valence-corrected chi connectivity index (χ4v) is 4.07. The molecule has 3 rings (SSSR count). The third kappa shape index (κ3) is 3.44. The zero-order chi connectivity index (χ0) is 17.2. The third-order valence-corrected chi connectivity index (χ3v) is 5.64. The van der Waals surface area contributed by atoms with Gasteiger partial charge >= 0.3 is 0 Å². The quantitative estimate of drug-likeness (QED) is 0.782. The molecule has 0 saturated carbocycles. The van der Waals surface area contributed by atoms with Gasteiger partial charge < -0.3 is 15.4 Å². The molecule has 0 bridgehead atoms. The fraction of sp³-hybridized carbons (Fsp3) is 0.333. The Morgan fingerprint density at radius 3 is 2.79 bits per heavy atom. The van der Waals surface area contributed by atoms with Crippen LogP contribution in [0.15, 0.2) is 30.3 Å². The first-order chi connectivity index (χ1) is 11.5. The Kier molecular flexibility index (Phi) is 4.86. The molecule has 0 aliphatic carbocycles. The molecule has 2 heterocycles. The van der Waals surface area contributed by atoms with Gasteiger partial charge in [-0.05, 0) is 43.3 Å². The van der Waals surface area contributed by atoms with Crippen molar-refractivity contribution in [2.45, 2.75) is 38.9 Å². The summed E-state index contributed by atoms with van der Waals surface area (Å²) in [5, 5.41) is 17.2. The summed E-state index contributed by atoms with van der Waals surface area (Å²) in [7, 11) is 0. The van der Waals surface area contributed by atoms with Gasteiger partial charge in [-0.3, -0.25) is 0 Å². The second-order valence-corrected chi connectivity index (χ2v) is 7.55. The van der Waals surface area contributed by atoms with Crippen molar-refractivity contribution in [3.8, 4) is 6.07 Å².